The van der Waals surface area contributed by atoms with Gasteiger partial charge in [-0.3, -0.25) is 9.59 Å². The van der Waals surface area contributed by atoms with Gasteiger partial charge in [0.2, 0.25) is 5.78 Å². The van der Waals surface area contributed by atoms with Crippen molar-refractivity contribution in [3.63, 3.8) is 0 Å². The highest BCUT2D eigenvalue weighted by Crippen LogP contribution is 2.21. The zero-order valence-electron chi connectivity index (χ0n) is 9.76. The van der Waals surface area contributed by atoms with Crippen LogP contribution in [-0.2, 0) is 9.59 Å². The van der Waals surface area contributed by atoms with Crippen LogP contribution in [0.2, 0.25) is 0 Å². The zero-order chi connectivity index (χ0) is 13.5. The molecule has 0 aromatic carbocycles. The molecule has 1 aliphatic rings. The molecular weight excluding hydrogens is 254 g/mol. The third-order valence-electron chi connectivity index (χ3n) is 2.14. The van der Waals surface area contributed by atoms with Crippen LogP contribution in [0.15, 0.2) is 35.4 Å². The first kappa shape index (κ1) is 14.7. The molecule has 0 radical (unpaired) electrons. The van der Waals surface area contributed by atoms with E-state index in [0.717, 1.165) is 0 Å². The molecule has 1 atom stereocenters. The fourth-order valence-corrected chi connectivity index (χ4v) is 1.92. The summed E-state index contributed by atoms with van der Waals surface area (Å²) in [7, 11) is 0. The highest BCUT2D eigenvalue weighted by molar-refractivity contribution is 8.04. The number of nitrogens with one attached hydrogen (secondary N) is 1. The van der Waals surface area contributed by atoms with Crippen molar-refractivity contribution < 1.29 is 19.8 Å². The standard InChI is InChI=1S/C12H15NO4S/c1-2-3-18-12-5-10(16)9(4-11(12)17)13-6-8(15)7-14/h2,4-5,8,13-15H,1,3,6-7H2. The third kappa shape index (κ3) is 4.14. The summed E-state index contributed by atoms with van der Waals surface area (Å²) in [5, 5.41) is 20.4. The fourth-order valence-electron chi connectivity index (χ4n) is 1.23. The van der Waals surface area contributed by atoms with Crippen LogP contribution >= 0.6 is 11.8 Å². The van der Waals surface area contributed by atoms with Crippen LogP contribution in [0.25, 0.3) is 0 Å². The lowest BCUT2D eigenvalue weighted by Gasteiger charge is -2.15. The Morgan fingerprint density at radius 3 is 2.72 bits per heavy atom. The fraction of sp³-hybridized carbons (Fsp3) is 0.333. The van der Waals surface area contributed by atoms with Crippen molar-refractivity contribution in [3.05, 3.63) is 35.4 Å². The zero-order valence-corrected chi connectivity index (χ0v) is 10.6. The highest BCUT2D eigenvalue weighted by Gasteiger charge is 2.20. The van der Waals surface area contributed by atoms with E-state index in [1.165, 1.54) is 23.9 Å². The Kier molecular flexibility index (Phi) is 5.84. The van der Waals surface area contributed by atoms with Gasteiger partial charge in [-0.25, -0.2) is 0 Å². The molecule has 0 saturated heterocycles. The molecule has 0 heterocycles. The number of hydrogen-bond donors (Lipinski definition) is 3. The summed E-state index contributed by atoms with van der Waals surface area (Å²) in [5.41, 5.74) is 0.135. The topological polar surface area (TPSA) is 86.6 Å². The van der Waals surface area contributed by atoms with Gasteiger partial charge in [0.1, 0.15) is 0 Å². The Hall–Kier alpha value is -1.37. The minimum Gasteiger partial charge on any atom is -0.394 e. The molecule has 1 unspecified atom stereocenters. The maximum absolute atomic E-state index is 11.7. The molecule has 0 bridgehead atoms. The van der Waals surface area contributed by atoms with Gasteiger partial charge in [-0.2, -0.15) is 0 Å². The lowest BCUT2D eigenvalue weighted by atomic mass is 10.1. The summed E-state index contributed by atoms with van der Waals surface area (Å²) < 4.78 is 0. The van der Waals surface area contributed by atoms with Crippen LogP contribution in [0, 0.1) is 0 Å². The van der Waals surface area contributed by atoms with E-state index in [9.17, 15) is 9.59 Å². The molecule has 6 heteroatoms. The molecule has 3 N–H and O–H groups in total. The van der Waals surface area contributed by atoms with Crippen molar-refractivity contribution in [2.45, 2.75) is 6.10 Å². The molecule has 0 fully saturated rings. The van der Waals surface area contributed by atoms with E-state index in [4.69, 9.17) is 10.2 Å². The van der Waals surface area contributed by atoms with Gasteiger partial charge in [0.25, 0.3) is 0 Å². The second kappa shape index (κ2) is 7.15. The highest BCUT2D eigenvalue weighted by atomic mass is 32.2. The van der Waals surface area contributed by atoms with Crippen molar-refractivity contribution in [1.29, 1.82) is 0 Å². The summed E-state index contributed by atoms with van der Waals surface area (Å²) in [6, 6.07) is 0. The Bertz CT molecular complexity index is 414. The maximum atomic E-state index is 11.7. The SMILES string of the molecule is C=CCSC1=CC(=O)C(NCC(O)CO)=CC1=O. The number of thioether (sulfide) groups is 1. The van der Waals surface area contributed by atoms with Crippen molar-refractivity contribution in [1.82, 2.24) is 5.32 Å². The summed E-state index contributed by atoms with van der Waals surface area (Å²) >= 11 is 1.25. The normalized spacial score (nSPS) is 17.0. The lowest BCUT2D eigenvalue weighted by Crippen LogP contribution is -2.32. The van der Waals surface area contributed by atoms with Gasteiger partial charge in [0, 0.05) is 24.4 Å². The molecule has 98 valence electrons. The number of aliphatic hydroxyl groups is 2. The minimum absolute atomic E-state index is 0.0182. The molecule has 0 aromatic rings. The van der Waals surface area contributed by atoms with E-state index in [-0.39, 0.29) is 23.8 Å². The van der Waals surface area contributed by atoms with Crippen LogP contribution in [0.3, 0.4) is 0 Å². The van der Waals surface area contributed by atoms with Crippen molar-refractivity contribution in [3.8, 4) is 0 Å². The third-order valence-corrected chi connectivity index (χ3v) is 3.17. The van der Waals surface area contributed by atoms with Crippen LogP contribution in [-0.4, -0.2) is 46.8 Å². The maximum Gasteiger partial charge on any atom is 0.203 e. The van der Waals surface area contributed by atoms with Gasteiger partial charge >= 0.3 is 0 Å². The summed E-state index contributed by atoms with van der Waals surface area (Å²) in [6.07, 6.45) is 3.16. The van der Waals surface area contributed by atoms with Crippen LogP contribution in [0.4, 0.5) is 0 Å². The second-order valence-electron chi connectivity index (χ2n) is 3.61. The average molecular weight is 269 g/mol. The summed E-state index contributed by atoms with van der Waals surface area (Å²) in [6.45, 7) is 3.15. The number of aliphatic hydroxyl groups excluding tert-OH is 2. The number of allylic oxidation sites excluding steroid dienone is 3. The van der Waals surface area contributed by atoms with E-state index >= 15 is 0 Å². The van der Waals surface area contributed by atoms with E-state index in [1.54, 1.807) is 6.08 Å². The van der Waals surface area contributed by atoms with E-state index in [1.807, 2.05) is 0 Å². The Morgan fingerprint density at radius 2 is 2.11 bits per heavy atom. The monoisotopic (exact) mass is 269 g/mol. The van der Waals surface area contributed by atoms with Gasteiger partial charge in [0.15, 0.2) is 5.78 Å². The van der Waals surface area contributed by atoms with Crippen LogP contribution < -0.4 is 5.32 Å². The summed E-state index contributed by atoms with van der Waals surface area (Å²) in [4.78, 5) is 23.7. The number of ketones is 2. The lowest BCUT2D eigenvalue weighted by molar-refractivity contribution is -0.115. The predicted molar refractivity (Wildman–Crippen MR) is 69.9 cm³/mol. The smallest absolute Gasteiger partial charge is 0.203 e. The molecule has 0 aromatic heterocycles. The van der Waals surface area contributed by atoms with Gasteiger partial charge in [-0.05, 0) is 0 Å². The molecule has 5 nitrogen and oxygen atoms in total. The quantitative estimate of drug-likeness (QED) is 0.437. The number of carbonyl (C=O) groups excluding carboxylic acids is 2. The molecule has 18 heavy (non-hydrogen) atoms. The second-order valence-corrected chi connectivity index (χ2v) is 4.67. The van der Waals surface area contributed by atoms with Crippen molar-refractivity contribution in [2.75, 3.05) is 18.9 Å². The number of rotatable bonds is 7. The van der Waals surface area contributed by atoms with E-state index in [2.05, 4.69) is 11.9 Å². The average Bonchev–Trinajstić information content (AvgIpc) is 2.37. The predicted octanol–water partition coefficient (Wildman–Crippen LogP) is -0.232. The van der Waals surface area contributed by atoms with Gasteiger partial charge in [0.05, 0.1) is 23.3 Å². The first-order valence-corrected chi connectivity index (χ1v) is 6.35. The Balaban J connectivity index is 2.62. The van der Waals surface area contributed by atoms with Crippen LogP contribution in [0.1, 0.15) is 0 Å². The van der Waals surface area contributed by atoms with E-state index < -0.39 is 12.7 Å². The molecule has 0 aliphatic heterocycles. The van der Waals surface area contributed by atoms with Crippen molar-refractivity contribution >= 4 is 23.3 Å². The molecule has 1 rings (SSSR count). The largest absolute Gasteiger partial charge is 0.394 e. The molecule has 1 aliphatic carbocycles. The van der Waals surface area contributed by atoms with Gasteiger partial charge < -0.3 is 15.5 Å². The minimum atomic E-state index is -0.964. The number of hydrogen-bond acceptors (Lipinski definition) is 6. The van der Waals surface area contributed by atoms with Crippen molar-refractivity contribution in [2.24, 2.45) is 0 Å². The van der Waals surface area contributed by atoms with Gasteiger partial charge in [-0.15, -0.1) is 18.3 Å². The van der Waals surface area contributed by atoms with Crippen LogP contribution in [0.5, 0.6) is 0 Å². The van der Waals surface area contributed by atoms with Gasteiger partial charge in [-0.1, -0.05) is 6.08 Å². The first-order chi connectivity index (χ1) is 8.58. The molecular formula is C12H15NO4S. The summed E-state index contributed by atoms with van der Waals surface area (Å²) in [5.74, 6) is -0.00115. The molecule has 0 amide bonds. The molecule has 0 saturated carbocycles. The first-order valence-electron chi connectivity index (χ1n) is 5.37. The Labute approximate surface area is 109 Å². The number of carbonyl (C=O) groups is 2. The van der Waals surface area contributed by atoms with E-state index in [0.29, 0.717) is 10.7 Å². The molecule has 0 spiro atoms. The Morgan fingerprint density at radius 1 is 1.39 bits per heavy atom.